The fraction of sp³-hybridized carbons (Fsp3) is 0.375. The molecule has 128 valence electrons. The van der Waals surface area contributed by atoms with Crippen LogP contribution in [0.3, 0.4) is 0 Å². The van der Waals surface area contributed by atoms with Gasteiger partial charge in [0.25, 0.3) is 5.91 Å². The molecule has 1 saturated heterocycles. The van der Waals surface area contributed by atoms with Crippen LogP contribution in [0.25, 0.3) is 0 Å². The van der Waals surface area contributed by atoms with E-state index in [0.717, 1.165) is 18.2 Å². The van der Waals surface area contributed by atoms with E-state index in [4.69, 9.17) is 9.47 Å². The van der Waals surface area contributed by atoms with E-state index in [1.807, 2.05) is 10.3 Å². The fourth-order valence-corrected chi connectivity index (χ4v) is 3.99. The van der Waals surface area contributed by atoms with Crippen molar-refractivity contribution in [2.45, 2.75) is 0 Å². The molecule has 1 aliphatic rings. The summed E-state index contributed by atoms with van der Waals surface area (Å²) in [5, 5.41) is 2.97. The third kappa shape index (κ3) is 3.34. The van der Waals surface area contributed by atoms with Gasteiger partial charge in [-0.15, -0.1) is 11.3 Å². The van der Waals surface area contributed by atoms with E-state index in [1.54, 1.807) is 43.9 Å². The molecule has 1 amide bonds. The van der Waals surface area contributed by atoms with Gasteiger partial charge in [-0.25, -0.2) is 4.98 Å². The first kappa shape index (κ1) is 17.0. The molecule has 6 nitrogen and oxygen atoms in total. The van der Waals surface area contributed by atoms with E-state index < -0.39 is 0 Å². The molecule has 0 unspecified atom stereocenters. The van der Waals surface area contributed by atoms with E-state index in [1.165, 1.54) is 0 Å². The molecule has 8 heteroatoms. The fourth-order valence-electron chi connectivity index (χ4n) is 2.70. The largest absolute Gasteiger partial charge is 0.497 e. The van der Waals surface area contributed by atoms with Crippen LogP contribution in [-0.2, 0) is 0 Å². The van der Waals surface area contributed by atoms with Gasteiger partial charge in [-0.05, 0) is 28.1 Å². The molecular formula is C16H18BrN3O3S. The Morgan fingerprint density at radius 1 is 1.21 bits per heavy atom. The quantitative estimate of drug-likeness (QED) is 0.773. The van der Waals surface area contributed by atoms with E-state index in [9.17, 15) is 4.79 Å². The van der Waals surface area contributed by atoms with Gasteiger partial charge in [-0.1, -0.05) is 0 Å². The van der Waals surface area contributed by atoms with Crippen molar-refractivity contribution in [2.24, 2.45) is 0 Å². The van der Waals surface area contributed by atoms with E-state index in [2.05, 4.69) is 25.8 Å². The second-order valence-electron chi connectivity index (χ2n) is 5.28. The highest BCUT2D eigenvalue weighted by atomic mass is 79.9. The topological polar surface area (TPSA) is 54.9 Å². The zero-order chi connectivity index (χ0) is 17.1. The Kier molecular flexibility index (Phi) is 5.25. The summed E-state index contributed by atoms with van der Waals surface area (Å²) in [6, 6.07) is 3.51. The minimum absolute atomic E-state index is 0.0507. The number of nitrogens with zero attached hydrogens (tertiary/aromatic N) is 3. The number of hydrogen-bond acceptors (Lipinski definition) is 6. The second-order valence-corrected chi connectivity index (χ2v) is 7.01. The van der Waals surface area contributed by atoms with Gasteiger partial charge in [0.05, 0.1) is 24.3 Å². The maximum absolute atomic E-state index is 12.9. The van der Waals surface area contributed by atoms with Crippen molar-refractivity contribution in [3.63, 3.8) is 0 Å². The molecule has 0 N–H and O–H groups in total. The molecule has 2 aromatic rings. The highest BCUT2D eigenvalue weighted by Crippen LogP contribution is 2.34. The number of carbonyl (C=O) groups excluding carboxylic acids is 1. The number of hydrogen-bond donors (Lipinski definition) is 0. The number of ether oxygens (including phenoxy) is 2. The predicted molar refractivity (Wildman–Crippen MR) is 97.5 cm³/mol. The van der Waals surface area contributed by atoms with Crippen LogP contribution in [0, 0.1) is 0 Å². The van der Waals surface area contributed by atoms with Crippen molar-refractivity contribution >= 4 is 38.3 Å². The standard InChI is InChI=1S/C16H18BrN3O3S/c1-22-11-9-12(14(23-2)13(17)10-11)15(21)19-4-6-20(7-5-19)16-18-3-8-24-16/h3,8-10H,4-7H2,1-2H3. The summed E-state index contributed by atoms with van der Waals surface area (Å²) in [5.74, 6) is 1.10. The van der Waals surface area contributed by atoms with E-state index in [-0.39, 0.29) is 5.91 Å². The Balaban J connectivity index is 1.77. The lowest BCUT2D eigenvalue weighted by Gasteiger charge is -2.34. The number of rotatable bonds is 4. The molecule has 0 aliphatic carbocycles. The predicted octanol–water partition coefficient (Wildman–Crippen LogP) is 2.89. The van der Waals surface area contributed by atoms with Crippen LogP contribution < -0.4 is 14.4 Å². The van der Waals surface area contributed by atoms with Crippen LogP contribution in [0.15, 0.2) is 28.2 Å². The molecule has 0 radical (unpaired) electrons. The highest BCUT2D eigenvalue weighted by Gasteiger charge is 2.26. The lowest BCUT2D eigenvalue weighted by Crippen LogP contribution is -2.48. The van der Waals surface area contributed by atoms with Crippen molar-refractivity contribution < 1.29 is 14.3 Å². The van der Waals surface area contributed by atoms with Gasteiger partial charge >= 0.3 is 0 Å². The van der Waals surface area contributed by atoms with Crippen LogP contribution in [0.1, 0.15) is 10.4 Å². The minimum atomic E-state index is -0.0507. The molecule has 0 spiro atoms. The summed E-state index contributed by atoms with van der Waals surface area (Å²) < 4.78 is 11.4. The Hall–Kier alpha value is -1.80. The van der Waals surface area contributed by atoms with Crippen LogP contribution in [0.2, 0.25) is 0 Å². The minimum Gasteiger partial charge on any atom is -0.497 e. The maximum Gasteiger partial charge on any atom is 0.257 e. The third-order valence-corrected chi connectivity index (χ3v) is 5.37. The monoisotopic (exact) mass is 411 g/mol. The van der Waals surface area contributed by atoms with Crippen LogP contribution in [0.4, 0.5) is 5.13 Å². The number of methoxy groups -OCH3 is 2. The van der Waals surface area contributed by atoms with Gasteiger partial charge in [0.2, 0.25) is 0 Å². The lowest BCUT2D eigenvalue weighted by molar-refractivity contribution is 0.0743. The Bertz CT molecular complexity index is 716. The number of aromatic nitrogens is 1. The van der Waals surface area contributed by atoms with E-state index >= 15 is 0 Å². The molecule has 0 bridgehead atoms. The maximum atomic E-state index is 12.9. The zero-order valence-corrected chi connectivity index (χ0v) is 15.9. The number of piperazine rings is 1. The number of carbonyl (C=O) groups is 1. The summed E-state index contributed by atoms with van der Waals surface area (Å²) in [6.07, 6.45) is 1.80. The summed E-state index contributed by atoms with van der Waals surface area (Å²) in [4.78, 5) is 21.3. The van der Waals surface area contributed by atoms with Gasteiger partial charge in [-0.2, -0.15) is 0 Å². The van der Waals surface area contributed by atoms with Gasteiger partial charge < -0.3 is 19.3 Å². The molecule has 1 fully saturated rings. The van der Waals surface area contributed by atoms with Gasteiger partial charge in [0.1, 0.15) is 11.5 Å². The summed E-state index contributed by atoms with van der Waals surface area (Å²) >= 11 is 5.05. The molecule has 1 aromatic carbocycles. The molecular weight excluding hydrogens is 394 g/mol. The normalized spacial score (nSPS) is 14.6. The van der Waals surface area contributed by atoms with Gasteiger partial charge in [-0.3, -0.25) is 4.79 Å². The number of halogens is 1. The van der Waals surface area contributed by atoms with E-state index in [0.29, 0.717) is 34.6 Å². The van der Waals surface area contributed by atoms with Crippen molar-refractivity contribution in [1.82, 2.24) is 9.88 Å². The summed E-state index contributed by atoms with van der Waals surface area (Å²) in [6.45, 7) is 2.84. The first-order valence-electron chi connectivity index (χ1n) is 7.49. The molecule has 3 rings (SSSR count). The molecule has 0 atom stereocenters. The molecule has 24 heavy (non-hydrogen) atoms. The SMILES string of the molecule is COc1cc(Br)c(OC)c(C(=O)N2CCN(c3nccs3)CC2)c1. The average molecular weight is 412 g/mol. The average Bonchev–Trinajstić information content (AvgIpc) is 3.15. The Morgan fingerprint density at radius 2 is 1.96 bits per heavy atom. The van der Waals surface area contributed by atoms with Crippen molar-refractivity contribution in [2.75, 3.05) is 45.3 Å². The third-order valence-electron chi connectivity index (χ3n) is 3.94. The van der Waals surface area contributed by atoms with Crippen molar-refractivity contribution in [1.29, 1.82) is 0 Å². The molecule has 2 heterocycles. The zero-order valence-electron chi connectivity index (χ0n) is 13.5. The molecule has 1 aromatic heterocycles. The number of benzene rings is 1. The van der Waals surface area contributed by atoms with Crippen molar-refractivity contribution in [3.05, 3.63) is 33.7 Å². The number of anilines is 1. The van der Waals surface area contributed by atoms with Crippen LogP contribution in [0.5, 0.6) is 11.5 Å². The lowest BCUT2D eigenvalue weighted by atomic mass is 10.1. The van der Waals surface area contributed by atoms with Gasteiger partial charge in [0, 0.05) is 37.8 Å². The number of thiazole rings is 1. The van der Waals surface area contributed by atoms with Gasteiger partial charge in [0.15, 0.2) is 5.13 Å². The summed E-state index contributed by atoms with van der Waals surface area (Å²) in [5.41, 5.74) is 0.506. The van der Waals surface area contributed by atoms with Crippen LogP contribution >= 0.6 is 27.3 Å². The summed E-state index contributed by atoms with van der Waals surface area (Å²) in [7, 11) is 3.14. The Labute approximate surface area is 153 Å². The highest BCUT2D eigenvalue weighted by molar-refractivity contribution is 9.10. The van der Waals surface area contributed by atoms with Crippen LogP contribution in [-0.4, -0.2) is 56.2 Å². The van der Waals surface area contributed by atoms with Crippen molar-refractivity contribution in [3.8, 4) is 11.5 Å². The second kappa shape index (κ2) is 7.40. The number of amides is 1. The first-order chi connectivity index (χ1) is 11.6. The Morgan fingerprint density at radius 3 is 2.54 bits per heavy atom. The molecule has 0 saturated carbocycles. The smallest absolute Gasteiger partial charge is 0.257 e. The molecule has 1 aliphatic heterocycles. The first-order valence-corrected chi connectivity index (χ1v) is 9.16.